The molecule has 0 unspecified atom stereocenters. The van der Waals surface area contributed by atoms with Crippen LogP contribution in [0.4, 0.5) is 0 Å². The molecule has 14 heteroatoms. The Morgan fingerprint density at radius 1 is 0.448 bits per heavy atom. The van der Waals surface area contributed by atoms with Gasteiger partial charge in [0.1, 0.15) is 0 Å². The van der Waals surface area contributed by atoms with Crippen molar-refractivity contribution >= 4 is 22.8 Å². The van der Waals surface area contributed by atoms with E-state index in [9.17, 15) is 43.1 Å². The van der Waals surface area contributed by atoms with Crippen LogP contribution in [0.1, 0.15) is 78.6 Å². The Hall–Kier alpha value is 1.49. The average molecular weight is 562 g/mol. The van der Waals surface area contributed by atoms with Gasteiger partial charge >= 0.3 is 34.1 Å². The molecule has 0 aliphatic rings. The fourth-order valence-corrected chi connectivity index (χ4v) is 3.50. The van der Waals surface area contributed by atoms with Crippen LogP contribution in [0.25, 0.3) is 0 Å². The van der Waals surface area contributed by atoms with Crippen molar-refractivity contribution in [1.82, 2.24) is 0 Å². The average Bonchev–Trinajstić information content (AvgIpc) is 2.46. The fraction of sp³-hybridized carbons (Fsp3) is 1.00. The van der Waals surface area contributed by atoms with Gasteiger partial charge in [-0.2, -0.15) is 0 Å². The summed E-state index contributed by atoms with van der Waals surface area (Å²) in [7, 11) is -12.6. The van der Waals surface area contributed by atoms with Gasteiger partial charge in [0.15, 0.2) is 0 Å². The van der Waals surface area contributed by atoms with Crippen molar-refractivity contribution in [3.05, 3.63) is 0 Å². The maximum atomic E-state index is 9.98. The summed E-state index contributed by atoms with van der Waals surface area (Å²) in [5, 5.41) is 0. The first kappa shape index (κ1) is 40.8. The Bertz CT molecular complexity index is 397. The van der Waals surface area contributed by atoms with E-state index in [0.29, 0.717) is 19.3 Å². The molecule has 0 saturated heterocycles. The van der Waals surface area contributed by atoms with E-state index >= 15 is 0 Å². The van der Waals surface area contributed by atoms with Crippen molar-refractivity contribution in [2.24, 2.45) is 0 Å². The minimum atomic E-state index is -4.20. The summed E-state index contributed by atoms with van der Waals surface area (Å²) in [5.41, 5.74) is 0. The van der Waals surface area contributed by atoms with Gasteiger partial charge in [-0.3, -0.25) is 0 Å². The van der Waals surface area contributed by atoms with E-state index in [-0.39, 0.29) is 52.6 Å². The number of hydrogen-bond donors (Lipinski definition) is 0. The fourth-order valence-electron chi connectivity index (χ4n) is 1.67. The zero-order chi connectivity index (χ0) is 22.0. The van der Waals surface area contributed by atoms with E-state index in [1.54, 1.807) is 0 Å². The number of hydrogen-bond acceptors (Lipinski definition) is 9. The minimum Gasteiger partial charge on any atom is -0.811 e. The second-order valence-electron chi connectivity index (χ2n) is 6.12. The van der Waals surface area contributed by atoms with E-state index in [0.717, 1.165) is 38.5 Å². The molecule has 0 aliphatic carbocycles. The first-order chi connectivity index (χ1) is 12.2. The van der Waals surface area contributed by atoms with Crippen molar-refractivity contribution in [3.8, 4) is 0 Å². The summed E-state index contributed by atoms with van der Waals surface area (Å²) in [6.07, 6.45) is 6.32. The Morgan fingerprint density at radius 2 is 0.621 bits per heavy atom. The van der Waals surface area contributed by atoms with E-state index in [4.69, 9.17) is 0 Å². The molecule has 0 aromatic carbocycles. The maximum Gasteiger partial charge on any atom is 3.00 e. The summed E-state index contributed by atoms with van der Waals surface area (Å²) >= 11 is 0. The Balaban J connectivity index is -0.0000000960. The van der Waals surface area contributed by atoms with Gasteiger partial charge in [0.05, 0.1) is 0 Å². The van der Waals surface area contributed by atoms with Gasteiger partial charge in [-0.05, 0) is 37.7 Å². The normalized spacial score (nSPS) is 11.1. The number of rotatable bonds is 12. The Morgan fingerprint density at radius 3 is 0.724 bits per heavy atom. The van der Waals surface area contributed by atoms with Gasteiger partial charge < -0.3 is 43.1 Å². The Labute approximate surface area is 196 Å². The molecule has 0 N–H and O–H groups in total. The first-order valence-corrected chi connectivity index (χ1v) is 14.4. The quantitative estimate of drug-likeness (QED) is 0.183. The van der Waals surface area contributed by atoms with Gasteiger partial charge in [0.25, 0.3) is 0 Å². The van der Waals surface area contributed by atoms with E-state index in [2.05, 4.69) is 0 Å². The van der Waals surface area contributed by atoms with Crippen LogP contribution < -0.4 is 29.4 Å². The summed E-state index contributed by atoms with van der Waals surface area (Å²) < 4.78 is 29.9. The molecule has 0 amide bonds. The van der Waals surface area contributed by atoms with Crippen molar-refractivity contribution in [2.75, 3.05) is 18.5 Å². The molecule has 0 aromatic heterocycles. The molecule has 0 fully saturated rings. The van der Waals surface area contributed by atoms with Crippen LogP contribution in [0.3, 0.4) is 0 Å². The molecule has 0 atom stereocenters. The summed E-state index contributed by atoms with van der Waals surface area (Å²) in [6, 6.07) is 0. The molecule has 0 rings (SSSR count). The van der Waals surface area contributed by atoms with Crippen LogP contribution in [0.5, 0.6) is 0 Å². The summed E-state index contributed by atoms with van der Waals surface area (Å²) in [4.78, 5) is 59.9. The van der Waals surface area contributed by atoms with Crippen molar-refractivity contribution in [2.45, 2.75) is 78.6 Å². The monoisotopic (exact) mass is 562 g/mol. The minimum absolute atomic E-state index is 0. The molecule has 178 valence electrons. The van der Waals surface area contributed by atoms with Crippen LogP contribution in [-0.2, 0) is 47.8 Å². The van der Waals surface area contributed by atoms with Gasteiger partial charge in [0.2, 0.25) is 0 Å². The topological polar surface area (TPSA) is 190 Å². The van der Waals surface area contributed by atoms with Gasteiger partial charge in [-0.15, -0.1) is 0 Å². The molecule has 0 saturated carbocycles. The van der Waals surface area contributed by atoms with Crippen LogP contribution in [0.15, 0.2) is 0 Å². The maximum absolute atomic E-state index is 9.98. The van der Waals surface area contributed by atoms with E-state index in [1.807, 2.05) is 20.8 Å². The standard InChI is InChI=1S/3C5H13O3P.2Fe/c3*1-2-3-4-5-9(6,7)8;;/h3*2-5H2,1H3,(H2,6,7,8);;/q;;;2*+3/p-6. The second kappa shape index (κ2) is 24.1. The molecule has 0 heterocycles. The van der Waals surface area contributed by atoms with Crippen molar-refractivity contribution in [3.63, 3.8) is 0 Å². The van der Waals surface area contributed by atoms with Gasteiger partial charge in [0, 0.05) is 0 Å². The zero-order valence-corrected chi connectivity index (χ0v) is 22.1. The molecular formula is C15H33Fe2O9P3. The predicted octanol–water partition coefficient (Wildman–Crippen LogP) is 0.266. The third-order valence-corrected chi connectivity index (χ3v) is 5.70. The molecule has 0 bridgehead atoms. The molecule has 2 radical (unpaired) electrons. The third kappa shape index (κ3) is 58.7. The molecule has 9 nitrogen and oxygen atoms in total. The van der Waals surface area contributed by atoms with Crippen LogP contribution in [-0.4, -0.2) is 18.5 Å². The number of unbranched alkanes of at least 4 members (excludes halogenated alkanes) is 6. The largest absolute Gasteiger partial charge is 3.00 e. The van der Waals surface area contributed by atoms with Crippen molar-refractivity contribution < 1.29 is 77.2 Å². The van der Waals surface area contributed by atoms with E-state index < -0.39 is 22.8 Å². The molecule has 0 spiro atoms. The molecule has 0 aromatic rings. The Kier molecular flexibility index (Phi) is 34.0. The first-order valence-electron chi connectivity index (χ1n) is 9.21. The van der Waals surface area contributed by atoms with Gasteiger partial charge in [-0.25, -0.2) is 0 Å². The van der Waals surface area contributed by atoms with Crippen LogP contribution >= 0.6 is 22.8 Å². The zero-order valence-electron chi connectivity index (χ0n) is 17.2. The van der Waals surface area contributed by atoms with Crippen LogP contribution in [0, 0.1) is 0 Å². The molecular weight excluding hydrogens is 529 g/mol. The summed E-state index contributed by atoms with van der Waals surface area (Å²) in [5.74, 6) is 0. The second-order valence-corrected chi connectivity index (χ2v) is 11.1. The van der Waals surface area contributed by atoms with Gasteiger partial charge in [-0.1, -0.05) is 82.1 Å². The van der Waals surface area contributed by atoms with E-state index in [1.165, 1.54) is 0 Å². The summed E-state index contributed by atoms with van der Waals surface area (Å²) in [6.45, 7) is 5.88. The van der Waals surface area contributed by atoms with Crippen molar-refractivity contribution in [1.29, 1.82) is 0 Å². The third-order valence-electron chi connectivity index (χ3n) is 3.11. The molecule has 29 heavy (non-hydrogen) atoms. The molecule has 0 aliphatic heterocycles. The van der Waals surface area contributed by atoms with Crippen LogP contribution in [0.2, 0.25) is 0 Å². The smallest absolute Gasteiger partial charge is 0.811 e. The SMILES string of the molecule is CCCCCP(=O)([O-])[O-].CCCCCP(=O)([O-])[O-].CCCCCP(=O)([O-])[O-].[Fe+3].[Fe+3]. The predicted molar refractivity (Wildman–Crippen MR) is 96.0 cm³/mol.